The van der Waals surface area contributed by atoms with E-state index in [4.69, 9.17) is 0 Å². The molecule has 3 aromatic rings. The van der Waals surface area contributed by atoms with E-state index in [0.29, 0.717) is 25.1 Å². The number of rotatable bonds is 8. The van der Waals surface area contributed by atoms with Gasteiger partial charge in [0, 0.05) is 37.9 Å². The predicted molar refractivity (Wildman–Crippen MR) is 114 cm³/mol. The van der Waals surface area contributed by atoms with E-state index in [9.17, 15) is 13.6 Å². The van der Waals surface area contributed by atoms with E-state index >= 15 is 0 Å². The molecular weight excluding hydrogens is 402 g/mol. The van der Waals surface area contributed by atoms with Crippen LogP contribution in [0.3, 0.4) is 0 Å². The minimum absolute atomic E-state index is 0.110. The summed E-state index contributed by atoms with van der Waals surface area (Å²) in [7, 11) is 1.73. The fraction of sp³-hybridized carbons (Fsp3) is 0.318. The van der Waals surface area contributed by atoms with Crippen LogP contribution in [0.4, 0.5) is 14.6 Å². The number of aryl methyl sites for hydroxylation is 1. The normalized spacial score (nSPS) is 15.4. The summed E-state index contributed by atoms with van der Waals surface area (Å²) in [5, 5.41) is 13.2. The van der Waals surface area contributed by atoms with Crippen LogP contribution < -0.4 is 16.0 Å². The largest absolute Gasteiger partial charge is 0.369 e. The lowest BCUT2D eigenvalue weighted by atomic mass is 10.1. The Labute approximate surface area is 178 Å². The fourth-order valence-corrected chi connectivity index (χ4v) is 3.39. The van der Waals surface area contributed by atoms with E-state index in [1.807, 2.05) is 6.07 Å². The zero-order valence-corrected chi connectivity index (χ0v) is 17.2. The summed E-state index contributed by atoms with van der Waals surface area (Å²) < 4.78 is 29.8. The number of carbonyl (C=O) groups is 1. The van der Waals surface area contributed by atoms with Gasteiger partial charge in [0.15, 0.2) is 5.82 Å². The van der Waals surface area contributed by atoms with Crippen LogP contribution in [0.25, 0.3) is 11.3 Å². The lowest BCUT2D eigenvalue weighted by Crippen LogP contribution is -2.50. The number of anilines is 1. The average Bonchev–Trinajstić information content (AvgIpc) is 3.13. The van der Waals surface area contributed by atoms with Crippen molar-refractivity contribution in [1.29, 1.82) is 0 Å². The van der Waals surface area contributed by atoms with Crippen molar-refractivity contribution in [2.75, 3.05) is 25.0 Å². The van der Waals surface area contributed by atoms with Crippen molar-refractivity contribution in [1.82, 2.24) is 25.4 Å². The van der Waals surface area contributed by atoms with Crippen molar-refractivity contribution in [3.8, 4) is 11.3 Å². The maximum Gasteiger partial charge on any atom is 0.255 e. The van der Waals surface area contributed by atoms with Crippen molar-refractivity contribution in [3.63, 3.8) is 0 Å². The first-order valence-electron chi connectivity index (χ1n) is 10.2. The first-order chi connectivity index (χ1) is 15.0. The molecule has 1 saturated heterocycles. The highest BCUT2D eigenvalue weighted by molar-refractivity contribution is 5.99. The molecule has 31 heavy (non-hydrogen) atoms. The van der Waals surface area contributed by atoms with E-state index in [-0.39, 0.29) is 28.9 Å². The first-order valence-corrected chi connectivity index (χ1v) is 10.2. The van der Waals surface area contributed by atoms with Crippen molar-refractivity contribution < 1.29 is 13.6 Å². The minimum Gasteiger partial charge on any atom is -0.369 e. The number of aromatic nitrogens is 3. The van der Waals surface area contributed by atoms with Gasteiger partial charge in [0.25, 0.3) is 5.91 Å². The molecule has 1 fully saturated rings. The van der Waals surface area contributed by atoms with Crippen molar-refractivity contribution in [2.24, 2.45) is 7.05 Å². The Morgan fingerprint density at radius 2 is 2.16 bits per heavy atom. The second-order valence-electron chi connectivity index (χ2n) is 7.57. The van der Waals surface area contributed by atoms with Crippen LogP contribution in [-0.4, -0.2) is 46.3 Å². The van der Waals surface area contributed by atoms with Gasteiger partial charge in [-0.15, -0.1) is 0 Å². The molecule has 3 N–H and O–H groups in total. The van der Waals surface area contributed by atoms with Crippen LogP contribution in [0.5, 0.6) is 0 Å². The average molecular weight is 426 g/mol. The van der Waals surface area contributed by atoms with Crippen LogP contribution in [-0.2, 0) is 13.5 Å². The number of halogens is 2. The Hall–Kier alpha value is -3.33. The molecule has 0 saturated carbocycles. The molecule has 9 heteroatoms. The third kappa shape index (κ3) is 5.05. The molecule has 1 aliphatic heterocycles. The highest BCUT2D eigenvalue weighted by Crippen LogP contribution is 2.25. The highest BCUT2D eigenvalue weighted by Gasteiger charge is 2.22. The van der Waals surface area contributed by atoms with Gasteiger partial charge < -0.3 is 16.0 Å². The van der Waals surface area contributed by atoms with Crippen LogP contribution >= 0.6 is 0 Å². The summed E-state index contributed by atoms with van der Waals surface area (Å²) in [4.78, 5) is 17.1. The molecule has 0 aliphatic carbocycles. The van der Waals surface area contributed by atoms with Crippen LogP contribution in [0, 0.1) is 11.6 Å². The summed E-state index contributed by atoms with van der Waals surface area (Å²) in [5.41, 5.74) is 1.56. The molecule has 1 amide bonds. The molecule has 1 aromatic carbocycles. The summed E-state index contributed by atoms with van der Waals surface area (Å²) in [6.45, 7) is 1.80. The predicted octanol–water partition coefficient (Wildman–Crippen LogP) is 2.51. The van der Waals surface area contributed by atoms with E-state index in [1.165, 1.54) is 24.4 Å². The number of nitrogens with zero attached hydrogens (tertiary/aromatic N) is 3. The second kappa shape index (κ2) is 9.22. The number of carbonyl (C=O) groups excluding carboxylic acids is 1. The van der Waals surface area contributed by atoms with Crippen molar-refractivity contribution in [2.45, 2.75) is 18.9 Å². The van der Waals surface area contributed by atoms with Gasteiger partial charge >= 0.3 is 0 Å². The molecule has 7 nitrogen and oxygen atoms in total. The Balaban J connectivity index is 1.56. The summed E-state index contributed by atoms with van der Waals surface area (Å²) in [6.07, 6.45) is 4.69. The summed E-state index contributed by atoms with van der Waals surface area (Å²) >= 11 is 0. The molecule has 0 bridgehead atoms. The van der Waals surface area contributed by atoms with Crippen molar-refractivity contribution in [3.05, 3.63) is 65.5 Å². The van der Waals surface area contributed by atoms with Crippen LogP contribution in [0.1, 0.15) is 22.3 Å². The third-order valence-corrected chi connectivity index (χ3v) is 5.23. The van der Waals surface area contributed by atoms with E-state index in [0.717, 1.165) is 18.5 Å². The maximum absolute atomic E-state index is 14.8. The Kier molecular flexibility index (Phi) is 6.22. The van der Waals surface area contributed by atoms with Gasteiger partial charge in [0.1, 0.15) is 17.3 Å². The molecular formula is C22H24F2N6O. The lowest BCUT2D eigenvalue weighted by Gasteiger charge is -2.27. The molecule has 1 aliphatic rings. The van der Waals surface area contributed by atoms with Gasteiger partial charge in [-0.2, -0.15) is 5.10 Å². The monoisotopic (exact) mass is 426 g/mol. The van der Waals surface area contributed by atoms with Gasteiger partial charge in [0.05, 0.1) is 11.8 Å². The molecule has 4 rings (SSSR count). The first kappa shape index (κ1) is 20.9. The zero-order chi connectivity index (χ0) is 21.8. The topological polar surface area (TPSA) is 83.9 Å². The molecule has 162 valence electrons. The van der Waals surface area contributed by atoms with E-state index in [2.05, 4.69) is 26.0 Å². The highest BCUT2D eigenvalue weighted by atomic mass is 19.1. The molecule has 0 unspecified atom stereocenters. The third-order valence-electron chi connectivity index (χ3n) is 5.23. The van der Waals surface area contributed by atoms with Gasteiger partial charge in [-0.05, 0) is 43.1 Å². The van der Waals surface area contributed by atoms with Crippen molar-refractivity contribution >= 4 is 11.7 Å². The summed E-state index contributed by atoms with van der Waals surface area (Å²) in [5.74, 6) is -1.03. The van der Waals surface area contributed by atoms with Gasteiger partial charge in [-0.25, -0.2) is 13.8 Å². The van der Waals surface area contributed by atoms with Crippen LogP contribution in [0.2, 0.25) is 0 Å². The lowest BCUT2D eigenvalue weighted by molar-refractivity contribution is 0.0945. The number of amides is 1. The number of pyridine rings is 1. The number of benzene rings is 1. The summed E-state index contributed by atoms with van der Waals surface area (Å²) in [6, 6.07) is 7.75. The van der Waals surface area contributed by atoms with Gasteiger partial charge in [-0.1, -0.05) is 12.1 Å². The second-order valence-corrected chi connectivity index (χ2v) is 7.57. The van der Waals surface area contributed by atoms with E-state index < -0.39 is 11.7 Å². The molecule has 0 radical (unpaired) electrons. The quantitative estimate of drug-likeness (QED) is 0.516. The molecule has 3 heterocycles. The van der Waals surface area contributed by atoms with Crippen LogP contribution in [0.15, 0.2) is 42.7 Å². The molecule has 1 atom stereocenters. The van der Waals surface area contributed by atoms with E-state index in [1.54, 1.807) is 24.0 Å². The zero-order valence-electron chi connectivity index (χ0n) is 17.2. The Morgan fingerprint density at radius 1 is 1.32 bits per heavy atom. The Morgan fingerprint density at radius 3 is 2.84 bits per heavy atom. The number of hydrogen-bond donors (Lipinski definition) is 3. The smallest absolute Gasteiger partial charge is 0.255 e. The molecule has 0 spiro atoms. The van der Waals surface area contributed by atoms with Gasteiger partial charge in [-0.3, -0.25) is 9.48 Å². The molecule has 2 aromatic heterocycles. The van der Waals surface area contributed by atoms with Gasteiger partial charge in [0.2, 0.25) is 0 Å². The fourth-order valence-electron chi connectivity index (χ4n) is 3.39. The minimum atomic E-state index is -0.601. The number of nitrogens with one attached hydrogen (secondary N) is 3. The Bertz CT molecular complexity index is 1080. The maximum atomic E-state index is 14.8. The number of hydrogen-bond acceptors (Lipinski definition) is 5. The standard InChI is InChI=1S/C22H24F2N6O/c1-30-13-15(11-28-30)20-19(24)10-18(22(31)27-12-17-6-8-25-17)21(29-20)26-7-5-14-3-2-4-16(23)9-14/h2-4,9-11,13,17,25H,5-8,12H2,1H3,(H,26,29)(H,27,31)/t17-/m1/s1. The SMILES string of the molecule is Cn1cc(-c2nc(NCCc3cccc(F)c3)c(C(=O)NC[C@H]3CCN3)cc2F)cn1.